The third-order valence-corrected chi connectivity index (χ3v) is 4.93. The van der Waals surface area contributed by atoms with Crippen LogP contribution in [-0.2, 0) is 16.0 Å². The highest BCUT2D eigenvalue weighted by atomic mass is 35.5. The minimum Gasteiger partial charge on any atom is -0.336 e. The first kappa shape index (κ1) is 17.6. The van der Waals surface area contributed by atoms with E-state index in [9.17, 15) is 14.0 Å². The Kier molecular flexibility index (Phi) is 5.49. The number of carbonyl (C=O) groups excluding carboxylic acids is 2. The first-order valence-electron chi connectivity index (χ1n) is 8.35. The molecule has 5 heteroatoms. The van der Waals surface area contributed by atoms with E-state index in [4.69, 9.17) is 11.6 Å². The topological polar surface area (TPSA) is 37.4 Å². The highest BCUT2D eigenvalue weighted by Crippen LogP contribution is 2.28. The van der Waals surface area contributed by atoms with Crippen molar-refractivity contribution in [3.63, 3.8) is 0 Å². The molecule has 3 nitrogen and oxygen atoms in total. The molecule has 1 aliphatic rings. The molecule has 0 saturated carbocycles. The number of nitrogens with zero attached hydrogens (tertiary/aromatic N) is 1. The molecule has 0 aliphatic carbocycles. The van der Waals surface area contributed by atoms with Crippen molar-refractivity contribution in [3.8, 4) is 0 Å². The summed E-state index contributed by atoms with van der Waals surface area (Å²) >= 11 is 5.72. The Morgan fingerprint density at radius 2 is 1.76 bits per heavy atom. The molecule has 0 aromatic heterocycles. The largest absolute Gasteiger partial charge is 0.336 e. The zero-order valence-electron chi connectivity index (χ0n) is 13.8. The minimum atomic E-state index is -0.535. The molecule has 1 amide bonds. The van der Waals surface area contributed by atoms with E-state index in [0.717, 1.165) is 12.8 Å². The van der Waals surface area contributed by atoms with E-state index in [1.54, 1.807) is 4.90 Å². The second kappa shape index (κ2) is 7.79. The van der Waals surface area contributed by atoms with Gasteiger partial charge in [-0.1, -0.05) is 48.0 Å². The van der Waals surface area contributed by atoms with Gasteiger partial charge in [0.15, 0.2) is 0 Å². The summed E-state index contributed by atoms with van der Waals surface area (Å²) in [5.74, 6) is -1.06. The van der Waals surface area contributed by atoms with E-state index in [0.29, 0.717) is 24.6 Å². The van der Waals surface area contributed by atoms with Crippen molar-refractivity contribution in [2.45, 2.75) is 25.2 Å². The first-order chi connectivity index (χ1) is 12.0. The van der Waals surface area contributed by atoms with E-state index in [-0.39, 0.29) is 11.4 Å². The molecule has 0 atom stereocenters. The monoisotopic (exact) mass is 359 g/mol. The lowest BCUT2D eigenvalue weighted by Crippen LogP contribution is -2.42. The molecule has 1 fully saturated rings. The van der Waals surface area contributed by atoms with E-state index >= 15 is 0 Å². The van der Waals surface area contributed by atoms with Crippen LogP contribution >= 0.6 is 11.6 Å². The van der Waals surface area contributed by atoms with Gasteiger partial charge in [0.2, 0.25) is 5.78 Å². The Morgan fingerprint density at radius 3 is 2.40 bits per heavy atom. The zero-order valence-corrected chi connectivity index (χ0v) is 14.5. The van der Waals surface area contributed by atoms with Crippen LogP contribution in [0.2, 0.25) is 5.02 Å². The highest BCUT2D eigenvalue weighted by molar-refractivity contribution is 6.36. The lowest BCUT2D eigenvalue weighted by atomic mass is 9.89. The van der Waals surface area contributed by atoms with E-state index in [2.05, 4.69) is 12.1 Å². The molecule has 0 N–H and O–H groups in total. The van der Waals surface area contributed by atoms with Crippen molar-refractivity contribution in [1.29, 1.82) is 0 Å². The molecular formula is C20H19ClFNO2. The fourth-order valence-corrected chi connectivity index (χ4v) is 3.43. The van der Waals surface area contributed by atoms with Crippen LogP contribution < -0.4 is 0 Å². The summed E-state index contributed by atoms with van der Waals surface area (Å²) in [7, 11) is 0. The smallest absolute Gasteiger partial charge is 0.290 e. The molecule has 25 heavy (non-hydrogen) atoms. The second-order valence-corrected chi connectivity index (χ2v) is 6.73. The van der Waals surface area contributed by atoms with Gasteiger partial charge in [0.1, 0.15) is 5.82 Å². The normalized spacial score (nSPS) is 15.2. The molecule has 2 aromatic carbocycles. The molecule has 0 unspecified atom stereocenters. The van der Waals surface area contributed by atoms with Crippen molar-refractivity contribution in [3.05, 3.63) is 70.5 Å². The molecular weight excluding hydrogens is 341 g/mol. The Morgan fingerprint density at radius 1 is 1.08 bits per heavy atom. The van der Waals surface area contributed by atoms with Gasteiger partial charge in [-0.3, -0.25) is 9.59 Å². The Hall–Kier alpha value is -2.20. The third kappa shape index (κ3) is 4.26. The van der Waals surface area contributed by atoms with Crippen LogP contribution in [0.3, 0.4) is 0 Å². The van der Waals surface area contributed by atoms with Crippen molar-refractivity contribution >= 4 is 23.3 Å². The first-order valence-corrected chi connectivity index (χ1v) is 8.73. The number of likely N-dealkylation sites (tertiary alicyclic amines) is 1. The van der Waals surface area contributed by atoms with E-state index in [1.165, 1.54) is 23.8 Å². The summed E-state index contributed by atoms with van der Waals surface area (Å²) in [5.41, 5.74) is 1.82. The molecule has 0 radical (unpaired) electrons. The van der Waals surface area contributed by atoms with Gasteiger partial charge in [-0.05, 0) is 42.0 Å². The maximum absolute atomic E-state index is 13.2. The van der Waals surface area contributed by atoms with Gasteiger partial charge in [0.05, 0.1) is 5.02 Å². The number of carbonyl (C=O) groups is 2. The molecule has 1 saturated heterocycles. The average molecular weight is 360 g/mol. The summed E-state index contributed by atoms with van der Waals surface area (Å²) in [4.78, 5) is 26.2. The molecule has 1 heterocycles. The Labute approximate surface area is 151 Å². The Balaban J connectivity index is 1.56. The highest BCUT2D eigenvalue weighted by Gasteiger charge is 2.27. The van der Waals surface area contributed by atoms with Crippen LogP contribution in [0.15, 0.2) is 48.5 Å². The fraction of sp³-hybridized carbons (Fsp3) is 0.300. The number of hydrogen-bond donors (Lipinski definition) is 0. The van der Waals surface area contributed by atoms with Crippen LogP contribution in [0.5, 0.6) is 0 Å². The maximum atomic E-state index is 13.2. The number of piperidine rings is 1. The van der Waals surface area contributed by atoms with Gasteiger partial charge in [0.25, 0.3) is 5.91 Å². The average Bonchev–Trinajstić information content (AvgIpc) is 2.65. The van der Waals surface area contributed by atoms with Crippen molar-refractivity contribution < 1.29 is 14.0 Å². The van der Waals surface area contributed by atoms with Crippen LogP contribution in [0.4, 0.5) is 4.39 Å². The van der Waals surface area contributed by atoms with Gasteiger partial charge in [-0.25, -0.2) is 4.39 Å². The molecule has 1 aliphatic heterocycles. The number of benzene rings is 2. The molecule has 130 valence electrons. The summed E-state index contributed by atoms with van der Waals surface area (Å²) in [6, 6.07) is 14.3. The summed E-state index contributed by atoms with van der Waals surface area (Å²) in [6.07, 6.45) is 1.65. The number of hydrogen-bond acceptors (Lipinski definition) is 2. The standard InChI is InChI=1S/C20H19ClFNO2/c21-17-12-14(6-7-18(17)22)13-19(24)20(25)23-10-8-16(9-11-23)15-4-2-1-3-5-15/h1-7,12,16H,8-11,13H2. The maximum Gasteiger partial charge on any atom is 0.290 e. The van der Waals surface area contributed by atoms with E-state index in [1.807, 2.05) is 18.2 Å². The van der Waals surface area contributed by atoms with Gasteiger partial charge in [-0.2, -0.15) is 0 Å². The minimum absolute atomic E-state index is 0.0403. The summed E-state index contributed by atoms with van der Waals surface area (Å²) in [6.45, 7) is 1.16. The van der Waals surface area contributed by atoms with Crippen LogP contribution in [0.1, 0.15) is 29.9 Å². The number of amides is 1. The quantitative estimate of drug-likeness (QED) is 0.774. The molecule has 3 rings (SSSR count). The third-order valence-electron chi connectivity index (χ3n) is 4.64. The molecule has 0 bridgehead atoms. The lowest BCUT2D eigenvalue weighted by molar-refractivity contribution is -0.145. The number of Topliss-reactive ketones (excluding diaryl/α,β-unsaturated/α-hetero) is 1. The molecule has 0 spiro atoms. The zero-order chi connectivity index (χ0) is 17.8. The fourth-order valence-electron chi connectivity index (χ4n) is 3.23. The van der Waals surface area contributed by atoms with Gasteiger partial charge in [0, 0.05) is 19.5 Å². The predicted molar refractivity (Wildman–Crippen MR) is 95.1 cm³/mol. The second-order valence-electron chi connectivity index (χ2n) is 6.33. The van der Waals surface area contributed by atoms with Crippen LogP contribution in [0, 0.1) is 5.82 Å². The van der Waals surface area contributed by atoms with Gasteiger partial charge < -0.3 is 4.90 Å². The van der Waals surface area contributed by atoms with Crippen molar-refractivity contribution in [2.75, 3.05) is 13.1 Å². The van der Waals surface area contributed by atoms with Gasteiger partial charge >= 0.3 is 0 Å². The number of ketones is 1. The Bertz CT molecular complexity index is 771. The summed E-state index contributed by atoms with van der Waals surface area (Å²) < 4.78 is 13.2. The summed E-state index contributed by atoms with van der Waals surface area (Å²) in [5, 5.41) is -0.0403. The van der Waals surface area contributed by atoms with Crippen molar-refractivity contribution in [1.82, 2.24) is 4.90 Å². The van der Waals surface area contributed by atoms with Crippen molar-refractivity contribution in [2.24, 2.45) is 0 Å². The van der Waals surface area contributed by atoms with Crippen LogP contribution in [-0.4, -0.2) is 29.7 Å². The number of halogens is 2. The molecule has 2 aromatic rings. The van der Waals surface area contributed by atoms with E-state index < -0.39 is 17.5 Å². The lowest BCUT2D eigenvalue weighted by Gasteiger charge is -2.31. The predicted octanol–water partition coefficient (Wildman–Crippen LogP) is 4.00. The van der Waals surface area contributed by atoms with Gasteiger partial charge in [-0.15, -0.1) is 0 Å². The SMILES string of the molecule is O=C(Cc1ccc(F)c(Cl)c1)C(=O)N1CCC(c2ccccc2)CC1. The van der Waals surface area contributed by atoms with Crippen LogP contribution in [0.25, 0.3) is 0 Å². The number of rotatable bonds is 4.